The summed E-state index contributed by atoms with van der Waals surface area (Å²) < 4.78 is 11.8. The minimum Gasteiger partial charge on any atom is -0.490 e. The van der Waals surface area contributed by atoms with Gasteiger partial charge in [0, 0.05) is 0 Å². The van der Waals surface area contributed by atoms with E-state index in [1.165, 1.54) is 11.8 Å². The maximum absolute atomic E-state index is 12.9. The van der Waals surface area contributed by atoms with Gasteiger partial charge in [0.1, 0.15) is 10.9 Å². The zero-order chi connectivity index (χ0) is 20.8. The summed E-state index contributed by atoms with van der Waals surface area (Å²) in [5.41, 5.74) is 1.76. The molecule has 1 heterocycles. The van der Waals surface area contributed by atoms with E-state index in [2.05, 4.69) is 6.58 Å². The van der Waals surface area contributed by atoms with Crippen LogP contribution in [0.5, 0.6) is 11.5 Å². The van der Waals surface area contributed by atoms with Gasteiger partial charge >= 0.3 is 0 Å². The van der Waals surface area contributed by atoms with Crippen LogP contribution < -0.4 is 9.47 Å². The third-order valence-electron chi connectivity index (χ3n) is 4.03. The number of ether oxygens (including phenoxy) is 2. The maximum Gasteiger partial charge on any atom is 0.266 e. The van der Waals surface area contributed by atoms with Crippen LogP contribution in [0.1, 0.15) is 18.1 Å². The Kier molecular flexibility index (Phi) is 7.36. The Morgan fingerprint density at radius 2 is 2.00 bits per heavy atom. The number of hydrogen-bond acceptors (Lipinski definition) is 5. The van der Waals surface area contributed by atoms with Crippen LogP contribution in [-0.4, -0.2) is 28.3 Å². The lowest BCUT2D eigenvalue weighted by Gasteiger charge is -2.14. The topological polar surface area (TPSA) is 38.8 Å². The van der Waals surface area contributed by atoms with Crippen LogP contribution in [0.4, 0.5) is 0 Å². The van der Waals surface area contributed by atoms with Gasteiger partial charge in [0.25, 0.3) is 5.91 Å². The van der Waals surface area contributed by atoms with Crippen LogP contribution in [0.2, 0.25) is 5.02 Å². The highest BCUT2D eigenvalue weighted by atomic mass is 35.5. The first kappa shape index (κ1) is 21.4. The number of benzene rings is 2. The van der Waals surface area contributed by atoms with Gasteiger partial charge in [-0.2, -0.15) is 0 Å². The van der Waals surface area contributed by atoms with Crippen molar-refractivity contribution in [2.45, 2.75) is 13.5 Å². The molecule has 0 N–H and O–H groups in total. The number of thiocarbonyl (C=S) groups is 1. The molecule has 0 radical (unpaired) electrons. The third-order valence-corrected chi connectivity index (χ3v) is 5.69. The van der Waals surface area contributed by atoms with E-state index in [0.717, 1.165) is 11.1 Å². The van der Waals surface area contributed by atoms with Gasteiger partial charge in [-0.15, -0.1) is 0 Å². The summed E-state index contributed by atoms with van der Waals surface area (Å²) in [6, 6.07) is 13.3. The van der Waals surface area contributed by atoms with Crippen molar-refractivity contribution < 1.29 is 14.3 Å². The molecular weight excluding hydrogens is 426 g/mol. The lowest BCUT2D eigenvalue weighted by Crippen LogP contribution is -2.27. The molecule has 29 heavy (non-hydrogen) atoms. The Bertz CT molecular complexity index is 960. The number of rotatable bonds is 8. The monoisotopic (exact) mass is 445 g/mol. The molecule has 0 atom stereocenters. The Morgan fingerprint density at radius 1 is 1.24 bits per heavy atom. The first-order valence-corrected chi connectivity index (χ1v) is 10.6. The SMILES string of the molecule is C=CCOc1c(Cl)cc(/C=C2\SC(=S)N(Cc3ccccc3)C2=O)cc1OCC. The predicted molar refractivity (Wildman–Crippen MR) is 123 cm³/mol. The summed E-state index contributed by atoms with van der Waals surface area (Å²) in [5, 5.41) is 0.406. The van der Waals surface area contributed by atoms with E-state index < -0.39 is 0 Å². The fraction of sp³-hybridized carbons (Fsp3) is 0.182. The molecule has 1 aliphatic rings. The minimum atomic E-state index is -0.120. The summed E-state index contributed by atoms with van der Waals surface area (Å²) in [7, 11) is 0. The van der Waals surface area contributed by atoms with Gasteiger partial charge in [-0.1, -0.05) is 78.6 Å². The summed E-state index contributed by atoms with van der Waals surface area (Å²) in [5.74, 6) is 0.861. The van der Waals surface area contributed by atoms with Crippen molar-refractivity contribution in [1.29, 1.82) is 0 Å². The Hall–Kier alpha value is -2.28. The largest absolute Gasteiger partial charge is 0.490 e. The first-order chi connectivity index (χ1) is 14.0. The lowest BCUT2D eigenvalue weighted by molar-refractivity contribution is -0.122. The summed E-state index contributed by atoms with van der Waals surface area (Å²) in [6.07, 6.45) is 3.41. The molecule has 1 aliphatic heterocycles. The molecule has 2 aromatic carbocycles. The van der Waals surface area contributed by atoms with Crippen molar-refractivity contribution in [3.8, 4) is 11.5 Å². The zero-order valence-corrected chi connectivity index (χ0v) is 18.3. The third kappa shape index (κ3) is 5.21. The molecule has 1 amide bonds. The van der Waals surface area contributed by atoms with E-state index in [4.69, 9.17) is 33.3 Å². The average molecular weight is 446 g/mol. The Balaban J connectivity index is 1.86. The van der Waals surface area contributed by atoms with Crippen molar-refractivity contribution in [3.05, 3.63) is 76.2 Å². The molecule has 0 saturated carbocycles. The standard InChI is InChI=1S/C22H20ClNO3S2/c1-3-10-27-20-17(23)11-16(12-18(20)26-4-2)13-19-21(25)24(22(28)29-19)14-15-8-6-5-7-9-15/h3,5-9,11-13H,1,4,10,14H2,2H3/b19-13-. The van der Waals surface area contributed by atoms with Crippen molar-refractivity contribution in [3.63, 3.8) is 0 Å². The number of carbonyl (C=O) groups excluding carboxylic acids is 1. The number of carbonyl (C=O) groups is 1. The quantitative estimate of drug-likeness (QED) is 0.296. The highest BCUT2D eigenvalue weighted by Gasteiger charge is 2.32. The van der Waals surface area contributed by atoms with Gasteiger partial charge in [0.15, 0.2) is 11.5 Å². The van der Waals surface area contributed by atoms with E-state index >= 15 is 0 Å². The molecular formula is C22H20ClNO3S2. The molecule has 3 rings (SSSR count). The van der Waals surface area contributed by atoms with Gasteiger partial charge in [-0.25, -0.2) is 0 Å². The maximum atomic E-state index is 12.9. The van der Waals surface area contributed by atoms with Crippen LogP contribution in [0.3, 0.4) is 0 Å². The average Bonchev–Trinajstić information content (AvgIpc) is 2.96. The number of thioether (sulfide) groups is 1. The Morgan fingerprint density at radius 3 is 2.69 bits per heavy atom. The molecule has 1 fully saturated rings. The number of hydrogen-bond donors (Lipinski definition) is 0. The van der Waals surface area contributed by atoms with Crippen molar-refractivity contribution in [2.24, 2.45) is 0 Å². The molecule has 0 bridgehead atoms. The van der Waals surface area contributed by atoms with Gasteiger partial charge < -0.3 is 9.47 Å². The van der Waals surface area contributed by atoms with Crippen LogP contribution in [0.25, 0.3) is 6.08 Å². The number of halogens is 1. The molecule has 7 heteroatoms. The Labute approximate surface area is 185 Å². The zero-order valence-electron chi connectivity index (χ0n) is 15.9. The molecule has 0 spiro atoms. The minimum absolute atomic E-state index is 0.120. The van der Waals surface area contributed by atoms with E-state index in [1.807, 2.05) is 37.3 Å². The molecule has 150 valence electrons. The lowest BCUT2D eigenvalue weighted by atomic mass is 10.1. The number of nitrogens with zero attached hydrogens (tertiary/aromatic N) is 1. The summed E-state index contributed by atoms with van der Waals surface area (Å²) >= 11 is 13.1. The predicted octanol–water partition coefficient (Wildman–Crippen LogP) is 5.70. The molecule has 2 aromatic rings. The molecule has 1 saturated heterocycles. The van der Waals surface area contributed by atoms with Gasteiger partial charge in [-0.3, -0.25) is 9.69 Å². The highest BCUT2D eigenvalue weighted by Crippen LogP contribution is 2.39. The molecule has 0 unspecified atom stereocenters. The second-order valence-electron chi connectivity index (χ2n) is 6.12. The summed E-state index contributed by atoms with van der Waals surface area (Å²) in [6.45, 7) is 6.75. The second kappa shape index (κ2) is 9.96. The van der Waals surface area contributed by atoms with Crippen LogP contribution in [-0.2, 0) is 11.3 Å². The van der Waals surface area contributed by atoms with E-state index in [1.54, 1.807) is 29.2 Å². The van der Waals surface area contributed by atoms with Gasteiger partial charge in [0.05, 0.1) is 23.1 Å². The molecule has 0 aromatic heterocycles. The smallest absolute Gasteiger partial charge is 0.266 e. The van der Waals surface area contributed by atoms with Crippen LogP contribution >= 0.6 is 35.6 Å². The van der Waals surface area contributed by atoms with Gasteiger partial charge in [0.2, 0.25) is 0 Å². The van der Waals surface area contributed by atoms with Crippen molar-refractivity contribution in [1.82, 2.24) is 4.90 Å². The fourth-order valence-electron chi connectivity index (χ4n) is 2.77. The van der Waals surface area contributed by atoms with Crippen molar-refractivity contribution >= 4 is 51.9 Å². The van der Waals surface area contributed by atoms with E-state index in [0.29, 0.717) is 45.5 Å². The fourth-order valence-corrected chi connectivity index (χ4v) is 4.30. The van der Waals surface area contributed by atoms with Gasteiger partial charge in [-0.05, 0) is 36.3 Å². The first-order valence-electron chi connectivity index (χ1n) is 9.02. The summed E-state index contributed by atoms with van der Waals surface area (Å²) in [4.78, 5) is 15.0. The van der Waals surface area contributed by atoms with Crippen molar-refractivity contribution in [2.75, 3.05) is 13.2 Å². The van der Waals surface area contributed by atoms with E-state index in [-0.39, 0.29) is 5.91 Å². The normalized spacial score (nSPS) is 15.1. The number of amides is 1. The van der Waals surface area contributed by atoms with Crippen LogP contribution in [0.15, 0.2) is 60.0 Å². The highest BCUT2D eigenvalue weighted by molar-refractivity contribution is 8.26. The molecule has 4 nitrogen and oxygen atoms in total. The molecule has 0 aliphatic carbocycles. The second-order valence-corrected chi connectivity index (χ2v) is 8.20. The van der Waals surface area contributed by atoms with Crippen LogP contribution in [0, 0.1) is 0 Å². The van der Waals surface area contributed by atoms with E-state index in [9.17, 15) is 4.79 Å².